The number of nitrogens with zero attached hydrogens (tertiary/aromatic N) is 1. The SMILES string of the molecule is COc1cc(-c2ccc3ncc(C(=O)C(C)C)c(NC4CCC(NC(=O)O)CC4)c3c2)cc(Cl)c1O. The van der Waals surface area contributed by atoms with Crippen LogP contribution in [-0.4, -0.2) is 46.3 Å². The summed E-state index contributed by atoms with van der Waals surface area (Å²) in [5, 5.41) is 26.3. The van der Waals surface area contributed by atoms with Crippen molar-refractivity contribution in [1.82, 2.24) is 10.3 Å². The second kappa shape index (κ2) is 10.6. The van der Waals surface area contributed by atoms with Gasteiger partial charge in [-0.2, -0.15) is 0 Å². The van der Waals surface area contributed by atoms with E-state index < -0.39 is 6.09 Å². The van der Waals surface area contributed by atoms with Crippen LogP contribution < -0.4 is 15.4 Å². The third-order valence-electron chi connectivity index (χ3n) is 6.64. The van der Waals surface area contributed by atoms with Gasteiger partial charge in [-0.1, -0.05) is 31.5 Å². The zero-order valence-electron chi connectivity index (χ0n) is 20.5. The molecule has 1 saturated carbocycles. The molecule has 0 saturated heterocycles. The molecule has 1 aromatic heterocycles. The van der Waals surface area contributed by atoms with Crippen molar-refractivity contribution in [2.75, 3.05) is 12.4 Å². The maximum atomic E-state index is 13.1. The Morgan fingerprint density at radius 2 is 1.78 bits per heavy atom. The number of phenols is 1. The van der Waals surface area contributed by atoms with E-state index in [9.17, 15) is 14.7 Å². The number of hydrogen-bond donors (Lipinski definition) is 4. The number of halogens is 1. The van der Waals surface area contributed by atoms with Crippen molar-refractivity contribution in [3.8, 4) is 22.6 Å². The summed E-state index contributed by atoms with van der Waals surface area (Å²) >= 11 is 6.23. The largest absolute Gasteiger partial charge is 0.503 e. The van der Waals surface area contributed by atoms with E-state index in [0.717, 1.165) is 53.4 Å². The van der Waals surface area contributed by atoms with Crippen LogP contribution in [-0.2, 0) is 0 Å². The number of nitrogens with one attached hydrogen (secondary N) is 2. The number of carbonyl (C=O) groups excluding carboxylic acids is 1. The predicted octanol–water partition coefficient (Wildman–Crippen LogP) is 6.10. The number of rotatable bonds is 7. The standard InChI is InChI=1S/C27H30ClN3O5/c1-14(2)25(32)20-13-29-22-9-4-15(16-11-21(28)26(33)23(12-16)36-3)10-19(22)24(20)30-17-5-7-18(8-6-17)31-27(34)35/h4,9-14,17-18,31,33H,5-8H2,1-3H3,(H,29,30)(H,34,35). The highest BCUT2D eigenvalue weighted by Crippen LogP contribution is 2.40. The predicted molar refractivity (Wildman–Crippen MR) is 140 cm³/mol. The van der Waals surface area contributed by atoms with Gasteiger partial charge in [-0.3, -0.25) is 9.78 Å². The fraction of sp³-hybridized carbons (Fsp3) is 0.370. The van der Waals surface area contributed by atoms with Crippen molar-refractivity contribution < 1.29 is 24.5 Å². The van der Waals surface area contributed by atoms with E-state index >= 15 is 0 Å². The van der Waals surface area contributed by atoms with Gasteiger partial charge in [-0.25, -0.2) is 4.79 Å². The number of carboxylic acid groups (broad SMARTS) is 1. The molecule has 0 spiro atoms. The number of hydrogen-bond acceptors (Lipinski definition) is 6. The first-order chi connectivity index (χ1) is 17.2. The van der Waals surface area contributed by atoms with E-state index in [1.807, 2.05) is 32.0 Å². The Morgan fingerprint density at radius 1 is 1.08 bits per heavy atom. The number of benzene rings is 2. The molecule has 1 aliphatic rings. The molecule has 1 amide bonds. The molecule has 190 valence electrons. The number of Topliss-reactive ketones (excluding diaryl/α,β-unsaturated/α-hetero) is 1. The second-order valence-corrected chi connectivity index (χ2v) is 9.86. The molecule has 0 aliphatic heterocycles. The number of aromatic nitrogens is 1. The molecule has 4 rings (SSSR count). The highest BCUT2D eigenvalue weighted by Gasteiger charge is 2.25. The van der Waals surface area contributed by atoms with Crippen LogP contribution in [0.25, 0.3) is 22.0 Å². The van der Waals surface area contributed by atoms with Gasteiger partial charge in [0.2, 0.25) is 0 Å². The lowest BCUT2D eigenvalue weighted by atomic mass is 9.90. The van der Waals surface area contributed by atoms with Crippen LogP contribution in [0.4, 0.5) is 10.5 Å². The normalized spacial score (nSPS) is 17.7. The smallest absolute Gasteiger partial charge is 0.404 e. The van der Waals surface area contributed by atoms with Gasteiger partial charge >= 0.3 is 6.09 Å². The maximum absolute atomic E-state index is 13.1. The molecule has 4 N–H and O–H groups in total. The zero-order chi connectivity index (χ0) is 26.0. The lowest BCUT2D eigenvalue weighted by Gasteiger charge is -2.30. The van der Waals surface area contributed by atoms with Crippen LogP contribution in [0.15, 0.2) is 36.5 Å². The van der Waals surface area contributed by atoms with Gasteiger partial charge in [0.15, 0.2) is 17.3 Å². The zero-order valence-corrected chi connectivity index (χ0v) is 21.2. The third-order valence-corrected chi connectivity index (χ3v) is 6.93. The van der Waals surface area contributed by atoms with Crippen molar-refractivity contribution >= 4 is 40.1 Å². The van der Waals surface area contributed by atoms with Gasteiger partial charge in [-0.05, 0) is 61.1 Å². The minimum Gasteiger partial charge on any atom is -0.503 e. The van der Waals surface area contributed by atoms with Gasteiger partial charge in [0.25, 0.3) is 0 Å². The van der Waals surface area contributed by atoms with Crippen LogP contribution in [0.5, 0.6) is 11.5 Å². The van der Waals surface area contributed by atoms with Gasteiger partial charge in [-0.15, -0.1) is 0 Å². The molecule has 2 aromatic carbocycles. The van der Waals surface area contributed by atoms with Gasteiger partial charge in [0.1, 0.15) is 0 Å². The number of methoxy groups -OCH3 is 1. The van der Waals surface area contributed by atoms with E-state index in [1.165, 1.54) is 7.11 Å². The van der Waals surface area contributed by atoms with E-state index in [-0.39, 0.29) is 40.3 Å². The van der Waals surface area contributed by atoms with E-state index in [1.54, 1.807) is 18.3 Å². The van der Waals surface area contributed by atoms with Crippen LogP contribution >= 0.6 is 11.6 Å². The number of aromatic hydroxyl groups is 1. The summed E-state index contributed by atoms with van der Waals surface area (Å²) in [6.07, 6.45) is 3.61. The number of pyridine rings is 1. The van der Waals surface area contributed by atoms with Crippen molar-refractivity contribution in [2.45, 2.75) is 51.6 Å². The Balaban J connectivity index is 1.76. The Kier molecular flexibility index (Phi) is 7.54. The lowest BCUT2D eigenvalue weighted by molar-refractivity contribution is 0.0939. The molecule has 1 aliphatic carbocycles. The third kappa shape index (κ3) is 5.33. The number of amides is 1. The van der Waals surface area contributed by atoms with Crippen molar-refractivity contribution in [2.24, 2.45) is 5.92 Å². The topological polar surface area (TPSA) is 121 Å². The molecule has 1 heterocycles. The molecule has 9 heteroatoms. The van der Waals surface area contributed by atoms with Crippen LogP contribution in [0.2, 0.25) is 5.02 Å². The van der Waals surface area contributed by atoms with E-state index in [2.05, 4.69) is 15.6 Å². The van der Waals surface area contributed by atoms with Crippen molar-refractivity contribution in [3.05, 3.63) is 47.1 Å². The van der Waals surface area contributed by atoms with Crippen LogP contribution in [0, 0.1) is 5.92 Å². The first kappa shape index (κ1) is 25.6. The highest BCUT2D eigenvalue weighted by atomic mass is 35.5. The average Bonchev–Trinajstić information content (AvgIpc) is 2.85. The second-order valence-electron chi connectivity index (χ2n) is 9.45. The van der Waals surface area contributed by atoms with Crippen molar-refractivity contribution in [3.63, 3.8) is 0 Å². The highest BCUT2D eigenvalue weighted by molar-refractivity contribution is 6.32. The maximum Gasteiger partial charge on any atom is 0.404 e. The summed E-state index contributed by atoms with van der Waals surface area (Å²) in [4.78, 5) is 28.7. The number of carbonyl (C=O) groups is 2. The molecule has 36 heavy (non-hydrogen) atoms. The molecule has 0 radical (unpaired) electrons. The number of fused-ring (bicyclic) bond motifs is 1. The summed E-state index contributed by atoms with van der Waals surface area (Å²) in [5.41, 5.74) is 3.58. The Morgan fingerprint density at radius 3 is 2.42 bits per heavy atom. The number of phenolic OH excluding ortho intramolecular Hbond substituents is 1. The molecule has 0 bridgehead atoms. The minimum absolute atomic E-state index is 0.00659. The number of ketones is 1. The Bertz CT molecular complexity index is 1300. The fourth-order valence-electron chi connectivity index (χ4n) is 4.68. The van der Waals surface area contributed by atoms with Crippen LogP contribution in [0.3, 0.4) is 0 Å². The van der Waals surface area contributed by atoms with E-state index in [0.29, 0.717) is 5.56 Å². The fourth-order valence-corrected chi connectivity index (χ4v) is 4.89. The summed E-state index contributed by atoms with van der Waals surface area (Å²) in [5.74, 6) is -0.0633. The molecule has 0 atom stereocenters. The number of anilines is 1. The first-order valence-corrected chi connectivity index (χ1v) is 12.4. The van der Waals surface area contributed by atoms with Gasteiger partial charge < -0.3 is 25.6 Å². The van der Waals surface area contributed by atoms with E-state index in [4.69, 9.17) is 21.4 Å². The molecule has 0 unspecified atom stereocenters. The van der Waals surface area contributed by atoms with Crippen LogP contribution in [0.1, 0.15) is 49.9 Å². The molecular weight excluding hydrogens is 482 g/mol. The molecular formula is C27H30ClN3O5. The first-order valence-electron chi connectivity index (χ1n) is 12.0. The monoisotopic (exact) mass is 511 g/mol. The summed E-state index contributed by atoms with van der Waals surface area (Å²) < 4.78 is 5.26. The summed E-state index contributed by atoms with van der Waals surface area (Å²) in [6.45, 7) is 3.72. The minimum atomic E-state index is -1.00. The van der Waals surface area contributed by atoms with Crippen molar-refractivity contribution in [1.29, 1.82) is 0 Å². The van der Waals surface area contributed by atoms with Gasteiger partial charge in [0, 0.05) is 29.6 Å². The average molecular weight is 512 g/mol. The molecule has 3 aromatic rings. The molecule has 8 nitrogen and oxygen atoms in total. The quantitative estimate of drug-likeness (QED) is 0.283. The molecule has 1 fully saturated rings. The van der Waals surface area contributed by atoms with Gasteiger partial charge in [0.05, 0.1) is 28.9 Å². The number of ether oxygens (including phenoxy) is 1. The Hall–Kier alpha value is -3.52. The summed E-state index contributed by atoms with van der Waals surface area (Å²) in [6, 6.07) is 9.17. The summed E-state index contributed by atoms with van der Waals surface area (Å²) in [7, 11) is 1.46. The lowest BCUT2D eigenvalue weighted by Crippen LogP contribution is -2.39. The Labute approximate surface area is 214 Å².